The van der Waals surface area contributed by atoms with Crippen LogP contribution < -0.4 is 5.56 Å². The quantitative estimate of drug-likeness (QED) is 0.807. The van der Waals surface area contributed by atoms with Crippen LogP contribution in [0.2, 0.25) is 0 Å². The monoisotopic (exact) mass is 343 g/mol. The molecule has 0 radical (unpaired) electrons. The molecule has 0 bridgehead atoms. The number of carbonyl (C=O) groups is 1. The van der Waals surface area contributed by atoms with Gasteiger partial charge in [-0.3, -0.25) is 14.2 Å². The van der Waals surface area contributed by atoms with E-state index < -0.39 is 0 Å². The number of benzene rings is 1. The van der Waals surface area contributed by atoms with Crippen molar-refractivity contribution in [3.63, 3.8) is 0 Å². The largest absolute Gasteiger partial charge is 0.383 e. The zero-order valence-electron chi connectivity index (χ0n) is 15.1. The zero-order chi connectivity index (χ0) is 18.0. The maximum absolute atomic E-state index is 12.9. The Bertz CT molecular complexity index is 826. The van der Waals surface area contributed by atoms with Gasteiger partial charge in [0.1, 0.15) is 5.82 Å². The minimum Gasteiger partial charge on any atom is -0.383 e. The molecule has 1 aliphatic rings. The number of para-hydroxylation sites is 1. The minimum atomic E-state index is -0.287. The lowest BCUT2D eigenvalue weighted by molar-refractivity contribution is -0.141. The van der Waals surface area contributed by atoms with Crippen LogP contribution in [0.4, 0.5) is 0 Å². The SMILES string of the molecule is COCCN(C(=O)C1CCC1)C(C)c1nc2ccccc2c(=O)n1C. The number of rotatable bonds is 6. The van der Waals surface area contributed by atoms with Crippen LogP contribution in [0.1, 0.15) is 38.1 Å². The highest BCUT2D eigenvalue weighted by molar-refractivity contribution is 5.80. The molecule has 0 saturated heterocycles. The van der Waals surface area contributed by atoms with Gasteiger partial charge in [0.25, 0.3) is 5.56 Å². The molecule has 2 aromatic rings. The first-order valence-electron chi connectivity index (χ1n) is 8.79. The molecule has 25 heavy (non-hydrogen) atoms. The van der Waals surface area contributed by atoms with Crippen molar-refractivity contribution in [1.29, 1.82) is 0 Å². The van der Waals surface area contributed by atoms with E-state index in [1.807, 2.05) is 30.0 Å². The molecule has 1 unspecified atom stereocenters. The summed E-state index contributed by atoms with van der Waals surface area (Å²) in [4.78, 5) is 32.0. The summed E-state index contributed by atoms with van der Waals surface area (Å²) in [6, 6.07) is 7.03. The summed E-state index contributed by atoms with van der Waals surface area (Å²) in [6.45, 7) is 2.89. The molecule has 1 aromatic heterocycles. The van der Waals surface area contributed by atoms with Crippen LogP contribution in [-0.4, -0.2) is 40.6 Å². The van der Waals surface area contributed by atoms with E-state index >= 15 is 0 Å². The van der Waals surface area contributed by atoms with Crippen molar-refractivity contribution in [2.24, 2.45) is 13.0 Å². The highest BCUT2D eigenvalue weighted by atomic mass is 16.5. The number of ether oxygens (including phenoxy) is 1. The normalized spacial score (nSPS) is 15.8. The Morgan fingerprint density at radius 1 is 1.40 bits per heavy atom. The van der Waals surface area contributed by atoms with Crippen molar-refractivity contribution < 1.29 is 9.53 Å². The number of nitrogens with zero attached hydrogens (tertiary/aromatic N) is 3. The lowest BCUT2D eigenvalue weighted by Gasteiger charge is -2.35. The Morgan fingerprint density at radius 3 is 2.76 bits per heavy atom. The molecule has 0 spiro atoms. The van der Waals surface area contributed by atoms with Gasteiger partial charge in [0, 0.05) is 26.6 Å². The van der Waals surface area contributed by atoms with Gasteiger partial charge in [0.05, 0.1) is 23.6 Å². The van der Waals surface area contributed by atoms with E-state index in [0.29, 0.717) is 29.9 Å². The molecule has 1 amide bonds. The van der Waals surface area contributed by atoms with E-state index in [1.165, 1.54) is 0 Å². The van der Waals surface area contributed by atoms with Gasteiger partial charge in [-0.2, -0.15) is 0 Å². The molecule has 6 heteroatoms. The van der Waals surface area contributed by atoms with E-state index in [1.54, 1.807) is 24.8 Å². The van der Waals surface area contributed by atoms with Crippen molar-refractivity contribution >= 4 is 16.8 Å². The third-order valence-electron chi connectivity index (χ3n) is 5.13. The second-order valence-electron chi connectivity index (χ2n) is 6.68. The van der Waals surface area contributed by atoms with Gasteiger partial charge in [0.15, 0.2) is 0 Å². The number of amides is 1. The molecule has 1 fully saturated rings. The third-order valence-corrected chi connectivity index (χ3v) is 5.13. The van der Waals surface area contributed by atoms with Crippen LogP contribution >= 0.6 is 0 Å². The average molecular weight is 343 g/mol. The van der Waals surface area contributed by atoms with Crippen LogP contribution in [0.5, 0.6) is 0 Å². The molecule has 134 valence electrons. The van der Waals surface area contributed by atoms with Crippen molar-refractivity contribution in [2.75, 3.05) is 20.3 Å². The minimum absolute atomic E-state index is 0.0877. The molecule has 1 aliphatic carbocycles. The summed E-state index contributed by atoms with van der Waals surface area (Å²) < 4.78 is 6.74. The second-order valence-corrected chi connectivity index (χ2v) is 6.68. The summed E-state index contributed by atoms with van der Waals surface area (Å²) in [6.07, 6.45) is 2.99. The van der Waals surface area contributed by atoms with Crippen LogP contribution in [0.3, 0.4) is 0 Å². The number of methoxy groups -OCH3 is 1. The Morgan fingerprint density at radius 2 is 2.12 bits per heavy atom. The first kappa shape index (κ1) is 17.6. The first-order chi connectivity index (χ1) is 12.0. The van der Waals surface area contributed by atoms with Crippen molar-refractivity contribution in [2.45, 2.75) is 32.2 Å². The zero-order valence-corrected chi connectivity index (χ0v) is 15.1. The highest BCUT2D eigenvalue weighted by Gasteiger charge is 2.33. The summed E-state index contributed by atoms with van der Waals surface area (Å²) in [5, 5.41) is 0.592. The van der Waals surface area contributed by atoms with E-state index in [9.17, 15) is 9.59 Å². The molecule has 0 N–H and O–H groups in total. The van der Waals surface area contributed by atoms with Crippen LogP contribution in [0, 0.1) is 5.92 Å². The second kappa shape index (κ2) is 7.35. The Kier molecular flexibility index (Phi) is 5.18. The molecule has 1 saturated carbocycles. The fraction of sp³-hybridized carbons (Fsp3) is 0.526. The number of hydrogen-bond acceptors (Lipinski definition) is 4. The summed E-state index contributed by atoms with van der Waals surface area (Å²) in [5.74, 6) is 0.836. The van der Waals surface area contributed by atoms with Crippen LogP contribution in [-0.2, 0) is 16.6 Å². The Hall–Kier alpha value is -2.21. The molecule has 1 aromatic carbocycles. The van der Waals surface area contributed by atoms with Gasteiger partial charge in [-0.1, -0.05) is 18.6 Å². The van der Waals surface area contributed by atoms with Gasteiger partial charge < -0.3 is 9.64 Å². The lowest BCUT2D eigenvalue weighted by atomic mass is 9.84. The molecular formula is C19H25N3O3. The molecule has 1 atom stereocenters. The van der Waals surface area contributed by atoms with E-state index in [4.69, 9.17) is 4.74 Å². The van der Waals surface area contributed by atoms with E-state index in [0.717, 1.165) is 19.3 Å². The van der Waals surface area contributed by atoms with E-state index in [-0.39, 0.29) is 23.4 Å². The molecule has 1 heterocycles. The lowest BCUT2D eigenvalue weighted by Crippen LogP contribution is -2.43. The number of hydrogen-bond donors (Lipinski definition) is 0. The first-order valence-corrected chi connectivity index (χ1v) is 8.79. The molecule has 6 nitrogen and oxygen atoms in total. The van der Waals surface area contributed by atoms with Gasteiger partial charge in [-0.05, 0) is 31.9 Å². The van der Waals surface area contributed by atoms with Gasteiger partial charge >= 0.3 is 0 Å². The van der Waals surface area contributed by atoms with Crippen molar-refractivity contribution in [1.82, 2.24) is 14.5 Å². The third kappa shape index (κ3) is 3.31. The number of carbonyl (C=O) groups excluding carboxylic acids is 1. The predicted molar refractivity (Wildman–Crippen MR) is 96.3 cm³/mol. The average Bonchev–Trinajstić information content (AvgIpc) is 2.56. The standard InChI is InChI=1S/C19H25N3O3/c1-13(22(11-12-25-3)18(23)14-7-6-8-14)17-20-16-10-5-4-9-15(16)19(24)21(17)2/h4-5,9-10,13-14H,6-8,11-12H2,1-3H3. The molecular weight excluding hydrogens is 318 g/mol. The van der Waals surface area contributed by atoms with E-state index in [2.05, 4.69) is 4.98 Å². The van der Waals surface area contributed by atoms with Crippen molar-refractivity contribution in [3.05, 3.63) is 40.4 Å². The fourth-order valence-electron chi connectivity index (χ4n) is 3.32. The van der Waals surface area contributed by atoms with Crippen LogP contribution in [0.15, 0.2) is 29.1 Å². The summed E-state index contributed by atoms with van der Waals surface area (Å²) in [5.41, 5.74) is 0.575. The van der Waals surface area contributed by atoms with Gasteiger partial charge in [0.2, 0.25) is 5.91 Å². The highest BCUT2D eigenvalue weighted by Crippen LogP contribution is 2.31. The van der Waals surface area contributed by atoms with Gasteiger partial charge in [-0.15, -0.1) is 0 Å². The Labute approximate surface area is 147 Å². The summed E-state index contributed by atoms with van der Waals surface area (Å²) in [7, 11) is 3.34. The van der Waals surface area contributed by atoms with Crippen LogP contribution in [0.25, 0.3) is 10.9 Å². The maximum Gasteiger partial charge on any atom is 0.261 e. The van der Waals surface area contributed by atoms with Gasteiger partial charge in [-0.25, -0.2) is 4.98 Å². The molecule has 3 rings (SSSR count). The van der Waals surface area contributed by atoms with Crippen molar-refractivity contribution in [3.8, 4) is 0 Å². The predicted octanol–water partition coefficient (Wildman–Crippen LogP) is 2.27. The Balaban J connectivity index is 1.99. The number of fused-ring (bicyclic) bond motifs is 1. The topological polar surface area (TPSA) is 64.4 Å². The maximum atomic E-state index is 12.9. The molecule has 0 aliphatic heterocycles. The summed E-state index contributed by atoms with van der Waals surface area (Å²) >= 11 is 0. The fourth-order valence-corrected chi connectivity index (χ4v) is 3.32. The number of aromatic nitrogens is 2. The smallest absolute Gasteiger partial charge is 0.261 e.